The van der Waals surface area contributed by atoms with Gasteiger partial charge in [-0.25, -0.2) is 0 Å². The lowest BCUT2D eigenvalue weighted by molar-refractivity contribution is -0.130. The molecule has 3 N–H and O–H groups in total. The van der Waals surface area contributed by atoms with Crippen LogP contribution in [0.3, 0.4) is 0 Å². The molecule has 4 saturated carbocycles. The first-order chi connectivity index (χ1) is 9.12. The van der Waals surface area contributed by atoms with Crippen LogP contribution < -0.4 is 5.32 Å². The van der Waals surface area contributed by atoms with Crippen LogP contribution in [0, 0.1) is 23.2 Å². The van der Waals surface area contributed by atoms with E-state index in [9.17, 15) is 4.79 Å². The molecule has 0 aromatic rings. The van der Waals surface area contributed by atoms with Gasteiger partial charge in [-0.3, -0.25) is 4.79 Å². The van der Waals surface area contributed by atoms with E-state index in [-0.39, 0.29) is 24.5 Å². The summed E-state index contributed by atoms with van der Waals surface area (Å²) < 4.78 is 0. The zero-order valence-electron chi connectivity index (χ0n) is 11.5. The topological polar surface area (TPSA) is 69.6 Å². The Bertz CT molecular complexity index is 316. The van der Waals surface area contributed by atoms with E-state index >= 15 is 0 Å². The van der Waals surface area contributed by atoms with Gasteiger partial charge in [-0.2, -0.15) is 0 Å². The molecule has 1 amide bonds. The third-order valence-electron chi connectivity index (χ3n) is 5.51. The number of aliphatic hydroxyl groups is 2. The summed E-state index contributed by atoms with van der Waals surface area (Å²) in [5.74, 6) is 2.57. The molecule has 0 saturated heterocycles. The Morgan fingerprint density at radius 3 is 1.95 bits per heavy atom. The largest absolute Gasteiger partial charge is 0.394 e. The van der Waals surface area contributed by atoms with Gasteiger partial charge in [-0.1, -0.05) is 0 Å². The van der Waals surface area contributed by atoms with Gasteiger partial charge in [-0.05, 0) is 61.7 Å². The second-order valence-corrected chi connectivity index (χ2v) is 7.22. The van der Waals surface area contributed by atoms with Crippen molar-refractivity contribution in [2.45, 2.75) is 51.0 Å². The molecule has 108 valence electrons. The number of amides is 1. The maximum absolute atomic E-state index is 12.1. The van der Waals surface area contributed by atoms with E-state index in [0.717, 1.165) is 17.8 Å². The highest BCUT2D eigenvalue weighted by Crippen LogP contribution is 2.61. The van der Waals surface area contributed by atoms with Crippen LogP contribution >= 0.6 is 0 Å². The Morgan fingerprint density at radius 2 is 1.53 bits per heavy atom. The van der Waals surface area contributed by atoms with E-state index in [0.29, 0.717) is 6.42 Å². The molecule has 0 spiro atoms. The van der Waals surface area contributed by atoms with Gasteiger partial charge in [0.15, 0.2) is 0 Å². The van der Waals surface area contributed by atoms with Crippen LogP contribution in [0.1, 0.15) is 44.9 Å². The van der Waals surface area contributed by atoms with Gasteiger partial charge in [0.2, 0.25) is 5.91 Å². The minimum Gasteiger partial charge on any atom is -0.394 e. The lowest BCUT2D eigenvalue weighted by atomic mass is 9.49. The molecule has 4 bridgehead atoms. The molecule has 0 aromatic heterocycles. The van der Waals surface area contributed by atoms with E-state index in [1.807, 2.05) is 0 Å². The van der Waals surface area contributed by atoms with Crippen molar-refractivity contribution in [3.8, 4) is 0 Å². The summed E-state index contributed by atoms with van der Waals surface area (Å²) in [5, 5.41) is 20.8. The van der Waals surface area contributed by atoms with Crippen LogP contribution in [-0.4, -0.2) is 35.4 Å². The van der Waals surface area contributed by atoms with Gasteiger partial charge in [0.05, 0.1) is 19.3 Å². The predicted octanol–water partition coefficient (Wildman–Crippen LogP) is 1.06. The van der Waals surface area contributed by atoms with Crippen LogP contribution in [0.15, 0.2) is 0 Å². The van der Waals surface area contributed by atoms with E-state index in [2.05, 4.69) is 5.32 Å². The van der Waals surface area contributed by atoms with Crippen molar-refractivity contribution in [3.05, 3.63) is 0 Å². The molecule has 4 heteroatoms. The smallest absolute Gasteiger partial charge is 0.220 e. The van der Waals surface area contributed by atoms with Crippen molar-refractivity contribution in [2.75, 3.05) is 13.2 Å². The molecule has 4 aliphatic rings. The normalized spacial score (nSPS) is 39.8. The summed E-state index contributed by atoms with van der Waals surface area (Å²) in [7, 11) is 0. The van der Waals surface area contributed by atoms with Crippen molar-refractivity contribution in [2.24, 2.45) is 23.2 Å². The van der Waals surface area contributed by atoms with Crippen LogP contribution in [-0.2, 0) is 4.79 Å². The van der Waals surface area contributed by atoms with Gasteiger partial charge in [-0.15, -0.1) is 0 Å². The Hall–Kier alpha value is -0.610. The fraction of sp³-hybridized carbons (Fsp3) is 0.933. The minimum atomic E-state index is -0.499. The molecule has 4 fully saturated rings. The summed E-state index contributed by atoms with van der Waals surface area (Å²) in [4.78, 5) is 12.1. The van der Waals surface area contributed by atoms with Crippen molar-refractivity contribution < 1.29 is 15.0 Å². The molecular formula is C15H25NO3. The first kappa shape index (κ1) is 13.4. The van der Waals surface area contributed by atoms with Gasteiger partial charge in [0, 0.05) is 6.42 Å². The summed E-state index contributed by atoms with van der Waals surface area (Å²) >= 11 is 0. The zero-order valence-corrected chi connectivity index (χ0v) is 11.5. The molecule has 0 heterocycles. The average Bonchev–Trinajstić information content (AvgIpc) is 2.33. The maximum atomic E-state index is 12.1. The zero-order chi connectivity index (χ0) is 13.5. The first-order valence-electron chi connectivity index (χ1n) is 7.63. The van der Waals surface area contributed by atoms with E-state index in [1.165, 1.54) is 38.5 Å². The van der Waals surface area contributed by atoms with Crippen LogP contribution in [0.25, 0.3) is 0 Å². The summed E-state index contributed by atoms with van der Waals surface area (Å²) in [6.07, 6.45) is 8.40. The lowest BCUT2D eigenvalue weighted by Gasteiger charge is -2.56. The van der Waals surface area contributed by atoms with Gasteiger partial charge in [0.1, 0.15) is 0 Å². The molecule has 4 nitrogen and oxygen atoms in total. The van der Waals surface area contributed by atoms with Gasteiger partial charge < -0.3 is 15.5 Å². The molecular weight excluding hydrogens is 242 g/mol. The summed E-state index contributed by atoms with van der Waals surface area (Å²) in [5.41, 5.74) is 0.230. The van der Waals surface area contributed by atoms with E-state index in [4.69, 9.17) is 10.2 Å². The average molecular weight is 267 g/mol. The fourth-order valence-electron chi connectivity index (χ4n) is 5.27. The number of rotatable bonds is 5. The summed E-state index contributed by atoms with van der Waals surface area (Å²) in [6, 6.07) is -0.499. The van der Waals surface area contributed by atoms with E-state index < -0.39 is 6.04 Å². The predicted molar refractivity (Wildman–Crippen MR) is 71.3 cm³/mol. The third kappa shape index (κ3) is 2.65. The van der Waals surface area contributed by atoms with Crippen molar-refractivity contribution in [3.63, 3.8) is 0 Å². The van der Waals surface area contributed by atoms with Crippen LogP contribution in [0.2, 0.25) is 0 Å². The number of hydrogen-bond donors (Lipinski definition) is 3. The molecule has 0 radical (unpaired) electrons. The van der Waals surface area contributed by atoms with Crippen molar-refractivity contribution in [1.82, 2.24) is 5.32 Å². The highest BCUT2D eigenvalue weighted by atomic mass is 16.3. The fourth-order valence-corrected chi connectivity index (χ4v) is 5.27. The van der Waals surface area contributed by atoms with Crippen molar-refractivity contribution >= 4 is 5.91 Å². The third-order valence-corrected chi connectivity index (χ3v) is 5.51. The molecule has 0 unspecified atom stereocenters. The van der Waals surface area contributed by atoms with Crippen molar-refractivity contribution in [1.29, 1.82) is 0 Å². The number of carbonyl (C=O) groups excluding carboxylic acids is 1. The summed E-state index contributed by atoms with van der Waals surface area (Å²) in [6.45, 7) is -0.383. The highest BCUT2D eigenvalue weighted by molar-refractivity contribution is 5.77. The Kier molecular flexibility index (Phi) is 3.56. The maximum Gasteiger partial charge on any atom is 0.220 e. The number of carbonyl (C=O) groups is 1. The minimum absolute atomic E-state index is 0.00931. The molecule has 4 aliphatic carbocycles. The molecule has 0 atom stereocenters. The Labute approximate surface area is 114 Å². The quantitative estimate of drug-likeness (QED) is 0.697. The molecule has 0 aromatic carbocycles. The highest BCUT2D eigenvalue weighted by Gasteiger charge is 2.51. The van der Waals surface area contributed by atoms with Gasteiger partial charge >= 0.3 is 0 Å². The molecule has 19 heavy (non-hydrogen) atoms. The second kappa shape index (κ2) is 5.06. The van der Waals surface area contributed by atoms with Crippen LogP contribution in [0.5, 0.6) is 0 Å². The SMILES string of the molecule is O=C(CC12CC3CC(CC(C3)C1)C2)NC(CO)CO. The Morgan fingerprint density at radius 1 is 1.05 bits per heavy atom. The number of hydrogen-bond acceptors (Lipinski definition) is 3. The number of aliphatic hydroxyl groups excluding tert-OH is 2. The molecule has 4 rings (SSSR count). The first-order valence-corrected chi connectivity index (χ1v) is 7.63. The van der Waals surface area contributed by atoms with Crippen LogP contribution in [0.4, 0.5) is 0 Å². The van der Waals surface area contributed by atoms with Gasteiger partial charge in [0.25, 0.3) is 0 Å². The molecule has 0 aliphatic heterocycles. The second-order valence-electron chi connectivity index (χ2n) is 7.22. The lowest BCUT2D eigenvalue weighted by Crippen LogP contribution is -2.49. The standard InChI is InChI=1S/C15H25NO3/c17-8-13(9-18)16-14(19)7-15-4-10-1-11(5-15)3-12(2-10)6-15/h10-13,17-18H,1-9H2,(H,16,19). The monoisotopic (exact) mass is 267 g/mol. The Balaban J connectivity index is 1.61. The van der Waals surface area contributed by atoms with E-state index in [1.54, 1.807) is 0 Å². The number of nitrogens with one attached hydrogen (secondary N) is 1.